The third kappa shape index (κ3) is 5.07. The van der Waals surface area contributed by atoms with E-state index in [4.69, 9.17) is 4.74 Å². The van der Waals surface area contributed by atoms with E-state index in [9.17, 15) is 14.3 Å². The highest BCUT2D eigenvalue weighted by Gasteiger charge is 2.18. The van der Waals surface area contributed by atoms with Crippen LogP contribution in [0, 0.1) is 29.9 Å². The van der Waals surface area contributed by atoms with Gasteiger partial charge in [0.15, 0.2) is 0 Å². The van der Waals surface area contributed by atoms with Gasteiger partial charge in [0, 0.05) is 17.4 Å². The number of rotatable bonds is 7. The predicted molar refractivity (Wildman–Crippen MR) is 108 cm³/mol. The quantitative estimate of drug-likeness (QED) is 0.466. The monoisotopic (exact) mass is 390 g/mol. The molecule has 6 nitrogen and oxygen atoms in total. The second kappa shape index (κ2) is 8.52. The van der Waals surface area contributed by atoms with Crippen LogP contribution < -0.4 is 4.74 Å². The maximum atomic E-state index is 13.9. The fourth-order valence-electron chi connectivity index (χ4n) is 2.65. The SMILES string of the molecule is COc1cccc(S(=O)(CCC(C)C)=Nc2cc(C)c([N+](=O)[O-])cc2C)c1. The first kappa shape index (κ1) is 20.9. The molecule has 0 aliphatic carbocycles. The van der Waals surface area contributed by atoms with E-state index < -0.39 is 14.7 Å². The van der Waals surface area contributed by atoms with E-state index in [1.165, 1.54) is 6.07 Å². The summed E-state index contributed by atoms with van der Waals surface area (Å²) in [7, 11) is -1.18. The standard InChI is InChI=1S/C20H26N2O4S/c1-14(2)9-10-27(25,18-8-6-7-17(13-18)26-5)21-19-11-16(4)20(22(23)24)12-15(19)3/h6-8,11-14H,9-10H2,1-5H3. The molecule has 146 valence electrons. The normalized spacial score (nSPS) is 13.3. The molecule has 0 radical (unpaired) electrons. The van der Waals surface area contributed by atoms with Crippen LogP contribution in [0.5, 0.6) is 5.75 Å². The van der Waals surface area contributed by atoms with Gasteiger partial charge in [-0.1, -0.05) is 19.9 Å². The first-order valence-corrected chi connectivity index (χ1v) is 10.5. The fraction of sp³-hybridized carbons (Fsp3) is 0.400. The van der Waals surface area contributed by atoms with Crippen LogP contribution in [0.4, 0.5) is 11.4 Å². The van der Waals surface area contributed by atoms with Crippen molar-refractivity contribution in [2.75, 3.05) is 12.9 Å². The fourth-order valence-corrected chi connectivity index (χ4v) is 4.98. The van der Waals surface area contributed by atoms with Crippen LogP contribution in [-0.2, 0) is 9.73 Å². The highest BCUT2D eigenvalue weighted by atomic mass is 32.2. The molecule has 27 heavy (non-hydrogen) atoms. The van der Waals surface area contributed by atoms with Gasteiger partial charge in [-0.3, -0.25) is 10.1 Å². The predicted octanol–water partition coefficient (Wildman–Crippen LogP) is 5.42. The van der Waals surface area contributed by atoms with Crippen molar-refractivity contribution in [1.82, 2.24) is 0 Å². The lowest BCUT2D eigenvalue weighted by Crippen LogP contribution is -2.09. The Hall–Kier alpha value is -2.41. The van der Waals surface area contributed by atoms with Crippen molar-refractivity contribution < 1.29 is 13.9 Å². The first-order valence-electron chi connectivity index (χ1n) is 8.81. The summed E-state index contributed by atoms with van der Waals surface area (Å²) in [4.78, 5) is 11.3. The summed E-state index contributed by atoms with van der Waals surface area (Å²) in [5.41, 5.74) is 1.70. The Labute approximate surface area is 160 Å². The van der Waals surface area contributed by atoms with Gasteiger partial charge < -0.3 is 4.74 Å². The molecule has 2 aromatic rings. The Bertz CT molecular complexity index is 960. The molecule has 0 heterocycles. The van der Waals surface area contributed by atoms with Crippen LogP contribution in [0.3, 0.4) is 0 Å². The number of benzene rings is 2. The smallest absolute Gasteiger partial charge is 0.272 e. The number of aryl methyl sites for hydroxylation is 2. The zero-order valence-electron chi connectivity index (χ0n) is 16.4. The van der Waals surface area contributed by atoms with E-state index in [1.54, 1.807) is 51.3 Å². The summed E-state index contributed by atoms with van der Waals surface area (Å²) in [5, 5.41) is 11.1. The Kier molecular flexibility index (Phi) is 6.59. The van der Waals surface area contributed by atoms with E-state index in [0.717, 1.165) is 6.42 Å². The molecular weight excluding hydrogens is 364 g/mol. The summed E-state index contributed by atoms with van der Waals surface area (Å²) in [6, 6.07) is 10.3. The molecule has 7 heteroatoms. The van der Waals surface area contributed by atoms with Gasteiger partial charge in [0.25, 0.3) is 5.69 Å². The molecule has 0 aliphatic heterocycles. The van der Waals surface area contributed by atoms with Crippen molar-refractivity contribution in [1.29, 1.82) is 0 Å². The third-order valence-corrected chi connectivity index (χ3v) is 6.61. The number of methoxy groups -OCH3 is 1. The van der Waals surface area contributed by atoms with Crippen LogP contribution in [0.15, 0.2) is 45.7 Å². The van der Waals surface area contributed by atoms with E-state index in [0.29, 0.717) is 39.1 Å². The van der Waals surface area contributed by atoms with E-state index in [-0.39, 0.29) is 5.69 Å². The van der Waals surface area contributed by atoms with E-state index >= 15 is 0 Å². The largest absolute Gasteiger partial charge is 0.497 e. The highest BCUT2D eigenvalue weighted by Crippen LogP contribution is 2.31. The maximum absolute atomic E-state index is 13.9. The second-order valence-corrected chi connectivity index (χ2v) is 9.32. The van der Waals surface area contributed by atoms with Gasteiger partial charge in [-0.05, 0) is 56.0 Å². The average molecular weight is 391 g/mol. The number of hydrogen-bond acceptors (Lipinski definition) is 5. The molecule has 0 N–H and O–H groups in total. The van der Waals surface area contributed by atoms with Crippen molar-refractivity contribution in [3.05, 3.63) is 57.6 Å². The topological polar surface area (TPSA) is 81.8 Å². The molecule has 2 rings (SSSR count). The van der Waals surface area contributed by atoms with E-state index in [1.807, 2.05) is 0 Å². The molecule has 0 fully saturated rings. The molecule has 0 saturated carbocycles. The van der Waals surface area contributed by atoms with Gasteiger partial charge in [-0.2, -0.15) is 4.36 Å². The van der Waals surface area contributed by atoms with Crippen molar-refractivity contribution >= 4 is 21.1 Å². The number of ether oxygens (including phenoxy) is 1. The van der Waals surface area contributed by atoms with Crippen LogP contribution in [0.1, 0.15) is 31.4 Å². The van der Waals surface area contributed by atoms with Gasteiger partial charge in [0.1, 0.15) is 5.75 Å². The Morgan fingerprint density at radius 2 is 1.89 bits per heavy atom. The van der Waals surface area contributed by atoms with Crippen molar-refractivity contribution in [3.63, 3.8) is 0 Å². The molecule has 0 bridgehead atoms. The van der Waals surface area contributed by atoms with Crippen LogP contribution in [0.25, 0.3) is 0 Å². The summed E-state index contributed by atoms with van der Waals surface area (Å²) in [6.07, 6.45) is 0.755. The summed E-state index contributed by atoms with van der Waals surface area (Å²) >= 11 is 0. The third-order valence-electron chi connectivity index (χ3n) is 4.34. The molecule has 0 amide bonds. The molecule has 0 aromatic heterocycles. The number of nitro benzene ring substituents is 1. The summed E-state index contributed by atoms with van der Waals surface area (Å²) < 4.78 is 23.7. The molecule has 2 aromatic carbocycles. The zero-order chi connectivity index (χ0) is 20.2. The molecule has 0 saturated heterocycles. The van der Waals surface area contributed by atoms with Crippen LogP contribution in [0.2, 0.25) is 0 Å². The van der Waals surface area contributed by atoms with Gasteiger partial charge in [0.2, 0.25) is 0 Å². The lowest BCUT2D eigenvalue weighted by molar-refractivity contribution is -0.385. The zero-order valence-corrected chi connectivity index (χ0v) is 17.2. The van der Waals surface area contributed by atoms with Crippen molar-refractivity contribution in [2.24, 2.45) is 10.3 Å². The van der Waals surface area contributed by atoms with E-state index in [2.05, 4.69) is 18.2 Å². The number of hydrogen-bond donors (Lipinski definition) is 0. The van der Waals surface area contributed by atoms with Crippen LogP contribution in [-0.4, -0.2) is 22.0 Å². The molecule has 0 spiro atoms. The number of nitro groups is 1. The highest BCUT2D eigenvalue weighted by molar-refractivity contribution is 7.93. The minimum Gasteiger partial charge on any atom is -0.497 e. The first-order chi connectivity index (χ1) is 12.7. The lowest BCUT2D eigenvalue weighted by atomic mass is 10.1. The van der Waals surface area contributed by atoms with Crippen molar-refractivity contribution in [3.8, 4) is 5.75 Å². The van der Waals surface area contributed by atoms with Gasteiger partial charge in [-0.25, -0.2) is 4.21 Å². The van der Waals surface area contributed by atoms with Gasteiger partial charge >= 0.3 is 0 Å². The molecule has 1 atom stereocenters. The van der Waals surface area contributed by atoms with Crippen molar-refractivity contribution in [2.45, 2.75) is 39.0 Å². The van der Waals surface area contributed by atoms with Gasteiger partial charge in [-0.15, -0.1) is 0 Å². The minimum atomic E-state index is -2.75. The minimum absolute atomic E-state index is 0.0431. The summed E-state index contributed by atoms with van der Waals surface area (Å²) in [6.45, 7) is 7.57. The Morgan fingerprint density at radius 3 is 2.48 bits per heavy atom. The second-order valence-electron chi connectivity index (χ2n) is 6.98. The summed E-state index contributed by atoms with van der Waals surface area (Å²) in [5.74, 6) is 1.41. The number of nitrogens with zero attached hydrogens (tertiary/aromatic N) is 2. The Morgan fingerprint density at radius 1 is 1.19 bits per heavy atom. The Balaban J connectivity index is 2.65. The maximum Gasteiger partial charge on any atom is 0.272 e. The lowest BCUT2D eigenvalue weighted by Gasteiger charge is -2.14. The average Bonchev–Trinajstić information content (AvgIpc) is 2.62. The van der Waals surface area contributed by atoms with Gasteiger partial charge in [0.05, 0.1) is 32.3 Å². The molecular formula is C20H26N2O4S. The van der Waals surface area contributed by atoms with Crippen LogP contribution >= 0.6 is 0 Å². The molecule has 1 unspecified atom stereocenters. The molecule has 0 aliphatic rings.